The molecule has 0 atom stereocenters. The number of hydrogen-bond donors (Lipinski definition) is 0. The Hall–Kier alpha value is -2.19. The summed E-state index contributed by atoms with van der Waals surface area (Å²) in [6, 6.07) is 5.98. The van der Waals surface area contributed by atoms with Crippen molar-refractivity contribution >= 4 is 27.6 Å². The van der Waals surface area contributed by atoms with Gasteiger partial charge in [-0.3, -0.25) is 0 Å². The Morgan fingerprint density at radius 3 is 2.77 bits per heavy atom. The van der Waals surface area contributed by atoms with Gasteiger partial charge in [-0.2, -0.15) is 9.61 Å². The number of thiophene rings is 1. The Bertz CT molecular complexity index is 986. The first kappa shape index (κ1) is 13.5. The van der Waals surface area contributed by atoms with E-state index in [4.69, 9.17) is 0 Å². The van der Waals surface area contributed by atoms with Crippen LogP contribution >= 0.6 is 22.7 Å². The number of aromatic nitrogens is 4. The summed E-state index contributed by atoms with van der Waals surface area (Å²) in [5.41, 5.74) is 1.17. The largest absolute Gasteiger partial charge is 0.235 e. The molecule has 0 aliphatic rings. The summed E-state index contributed by atoms with van der Waals surface area (Å²) in [6.07, 6.45) is 0. The van der Waals surface area contributed by atoms with Gasteiger partial charge in [-0.15, -0.1) is 21.5 Å². The molecule has 0 saturated carbocycles. The molecule has 4 aromatic rings. The van der Waals surface area contributed by atoms with Crippen LogP contribution in [0.2, 0.25) is 0 Å². The smallest absolute Gasteiger partial charge is 0.204 e. The second kappa shape index (κ2) is 4.92. The highest BCUT2D eigenvalue weighted by atomic mass is 32.1. The van der Waals surface area contributed by atoms with Gasteiger partial charge in [-0.05, 0) is 36.1 Å². The minimum absolute atomic E-state index is 0.0484. The molecule has 0 spiro atoms. The molecule has 4 rings (SSSR count). The molecule has 4 nitrogen and oxygen atoms in total. The van der Waals surface area contributed by atoms with Crippen molar-refractivity contribution in [3.63, 3.8) is 0 Å². The minimum atomic E-state index is -0.946. The molecule has 0 unspecified atom stereocenters. The van der Waals surface area contributed by atoms with Crippen molar-refractivity contribution in [2.45, 2.75) is 6.92 Å². The number of rotatable bonds is 2. The molecule has 3 aromatic heterocycles. The summed E-state index contributed by atoms with van der Waals surface area (Å²) < 4.78 is 28.8. The van der Waals surface area contributed by atoms with Crippen LogP contribution in [0.25, 0.3) is 26.2 Å². The van der Waals surface area contributed by atoms with Gasteiger partial charge in [0.15, 0.2) is 22.5 Å². The van der Waals surface area contributed by atoms with E-state index in [0.717, 1.165) is 21.5 Å². The fraction of sp³-hybridized carbons (Fsp3) is 0.0714. The van der Waals surface area contributed by atoms with Gasteiger partial charge in [0.1, 0.15) is 0 Å². The average Bonchev–Trinajstić information content (AvgIpc) is 3.17. The maximum Gasteiger partial charge on any atom is 0.235 e. The van der Waals surface area contributed by atoms with E-state index in [2.05, 4.69) is 15.3 Å². The van der Waals surface area contributed by atoms with Crippen molar-refractivity contribution < 1.29 is 8.78 Å². The first-order valence-electron chi connectivity index (χ1n) is 6.36. The topological polar surface area (TPSA) is 43.1 Å². The van der Waals surface area contributed by atoms with E-state index in [0.29, 0.717) is 4.96 Å². The SMILES string of the molecule is Cc1ccsc1-c1nn2c(-c3cccc(F)c3F)nnc2s1. The Labute approximate surface area is 131 Å². The highest BCUT2D eigenvalue weighted by molar-refractivity contribution is 7.24. The van der Waals surface area contributed by atoms with E-state index in [1.54, 1.807) is 11.3 Å². The molecule has 0 saturated heterocycles. The Balaban J connectivity index is 1.92. The van der Waals surface area contributed by atoms with Crippen LogP contribution in [-0.2, 0) is 0 Å². The monoisotopic (exact) mass is 334 g/mol. The fourth-order valence-corrected chi connectivity index (χ4v) is 4.06. The highest BCUT2D eigenvalue weighted by Gasteiger charge is 2.19. The van der Waals surface area contributed by atoms with E-state index in [1.807, 2.05) is 18.4 Å². The summed E-state index contributed by atoms with van der Waals surface area (Å²) in [5.74, 6) is -1.67. The third kappa shape index (κ3) is 1.95. The molecule has 1 aromatic carbocycles. The van der Waals surface area contributed by atoms with Crippen LogP contribution in [0.3, 0.4) is 0 Å². The molecule has 0 aliphatic heterocycles. The van der Waals surface area contributed by atoms with Gasteiger partial charge in [0, 0.05) is 0 Å². The number of fused-ring (bicyclic) bond motifs is 1. The molecule has 0 bridgehead atoms. The van der Waals surface area contributed by atoms with Crippen LogP contribution in [0, 0.1) is 18.6 Å². The predicted molar refractivity (Wildman–Crippen MR) is 82.1 cm³/mol. The van der Waals surface area contributed by atoms with Crippen LogP contribution in [0.5, 0.6) is 0 Å². The maximum absolute atomic E-state index is 14.0. The van der Waals surface area contributed by atoms with Gasteiger partial charge < -0.3 is 0 Å². The number of halogens is 2. The van der Waals surface area contributed by atoms with Crippen molar-refractivity contribution in [3.8, 4) is 21.3 Å². The molecule has 0 aliphatic carbocycles. The fourth-order valence-electron chi connectivity index (χ4n) is 2.14. The lowest BCUT2D eigenvalue weighted by Crippen LogP contribution is -1.95. The zero-order valence-electron chi connectivity index (χ0n) is 11.2. The van der Waals surface area contributed by atoms with Gasteiger partial charge in [0.2, 0.25) is 4.96 Å². The number of benzene rings is 1. The third-order valence-electron chi connectivity index (χ3n) is 3.24. The van der Waals surface area contributed by atoms with Gasteiger partial charge in [0.25, 0.3) is 0 Å². The lowest BCUT2D eigenvalue weighted by atomic mass is 10.2. The second-order valence-electron chi connectivity index (χ2n) is 4.66. The zero-order chi connectivity index (χ0) is 15.3. The van der Waals surface area contributed by atoms with Crippen LogP contribution < -0.4 is 0 Å². The molecule has 110 valence electrons. The van der Waals surface area contributed by atoms with Crippen LogP contribution in [0.1, 0.15) is 5.56 Å². The van der Waals surface area contributed by atoms with Crippen molar-refractivity contribution in [3.05, 3.63) is 46.8 Å². The third-order valence-corrected chi connectivity index (χ3v) is 5.31. The number of hydrogen-bond acceptors (Lipinski definition) is 5. The average molecular weight is 334 g/mol. The molecule has 0 amide bonds. The van der Waals surface area contributed by atoms with E-state index < -0.39 is 11.6 Å². The summed E-state index contributed by atoms with van der Waals surface area (Å²) in [7, 11) is 0. The van der Waals surface area contributed by atoms with Crippen molar-refractivity contribution in [1.29, 1.82) is 0 Å². The molecular formula is C14H8F2N4S2. The molecule has 0 fully saturated rings. The Kier molecular flexibility index (Phi) is 3.02. The Morgan fingerprint density at radius 2 is 2.00 bits per heavy atom. The standard InChI is InChI=1S/C14H8F2N4S2/c1-7-5-6-21-11(7)13-19-20-12(17-18-14(20)22-13)8-3-2-4-9(15)10(8)16/h2-6H,1H3. The van der Waals surface area contributed by atoms with Crippen molar-refractivity contribution in [2.75, 3.05) is 0 Å². The first-order valence-corrected chi connectivity index (χ1v) is 8.06. The zero-order valence-corrected chi connectivity index (χ0v) is 12.9. The maximum atomic E-state index is 14.0. The van der Waals surface area contributed by atoms with E-state index in [1.165, 1.54) is 28.0 Å². The Morgan fingerprint density at radius 1 is 1.14 bits per heavy atom. The second-order valence-corrected chi connectivity index (χ2v) is 6.53. The molecule has 0 N–H and O–H groups in total. The van der Waals surface area contributed by atoms with Gasteiger partial charge >= 0.3 is 0 Å². The van der Waals surface area contributed by atoms with Crippen molar-refractivity contribution in [2.24, 2.45) is 0 Å². The van der Waals surface area contributed by atoms with E-state index in [9.17, 15) is 8.78 Å². The van der Waals surface area contributed by atoms with Gasteiger partial charge in [0.05, 0.1) is 10.4 Å². The normalized spacial score (nSPS) is 11.4. The molecule has 8 heteroatoms. The summed E-state index contributed by atoms with van der Waals surface area (Å²) in [6.45, 7) is 2.00. The molecular weight excluding hydrogens is 326 g/mol. The lowest BCUT2D eigenvalue weighted by molar-refractivity contribution is 0.510. The van der Waals surface area contributed by atoms with Crippen LogP contribution in [0.4, 0.5) is 8.78 Å². The summed E-state index contributed by atoms with van der Waals surface area (Å²) in [4.78, 5) is 1.59. The summed E-state index contributed by atoms with van der Waals surface area (Å²) >= 11 is 2.95. The van der Waals surface area contributed by atoms with Gasteiger partial charge in [-0.25, -0.2) is 8.78 Å². The molecule has 0 radical (unpaired) electrons. The van der Waals surface area contributed by atoms with Crippen LogP contribution in [-0.4, -0.2) is 19.8 Å². The quantitative estimate of drug-likeness (QED) is 0.553. The van der Waals surface area contributed by atoms with Crippen molar-refractivity contribution in [1.82, 2.24) is 19.8 Å². The highest BCUT2D eigenvalue weighted by Crippen LogP contribution is 2.33. The summed E-state index contributed by atoms with van der Waals surface area (Å²) in [5, 5.41) is 15.2. The number of aryl methyl sites for hydroxylation is 1. The molecule has 3 heterocycles. The lowest BCUT2D eigenvalue weighted by Gasteiger charge is -2.00. The minimum Gasteiger partial charge on any atom is -0.204 e. The van der Waals surface area contributed by atoms with Crippen LogP contribution in [0.15, 0.2) is 29.6 Å². The number of nitrogens with zero attached hydrogens (tertiary/aromatic N) is 4. The van der Waals surface area contributed by atoms with E-state index in [-0.39, 0.29) is 11.4 Å². The molecule has 22 heavy (non-hydrogen) atoms. The van der Waals surface area contributed by atoms with Gasteiger partial charge in [-0.1, -0.05) is 17.4 Å². The first-order chi connectivity index (χ1) is 10.6. The predicted octanol–water partition coefficient (Wildman–Crippen LogP) is 4.17. The van der Waals surface area contributed by atoms with E-state index >= 15 is 0 Å².